The van der Waals surface area contributed by atoms with Crippen LogP contribution in [0, 0.1) is 11.3 Å². The number of aromatic hydroxyl groups is 1. The minimum Gasteiger partial charge on any atom is -0.508 e. The van der Waals surface area contributed by atoms with E-state index < -0.39 is 5.41 Å². The van der Waals surface area contributed by atoms with E-state index in [1.165, 1.54) is 0 Å². The van der Waals surface area contributed by atoms with Gasteiger partial charge in [0, 0.05) is 24.7 Å². The SMILES string of the molecule is CC(C)(CCC(C#N)(c1ccccc1)c1ccccc1)N1CC(Oc2cccc(O)c2)C1. The summed E-state index contributed by atoms with van der Waals surface area (Å²) in [4.78, 5) is 2.42. The lowest BCUT2D eigenvalue weighted by molar-refractivity contribution is -0.0465. The van der Waals surface area contributed by atoms with Crippen LogP contribution in [0.25, 0.3) is 0 Å². The third-order valence-corrected chi connectivity index (χ3v) is 6.66. The van der Waals surface area contributed by atoms with Gasteiger partial charge in [0.25, 0.3) is 0 Å². The maximum Gasteiger partial charge on any atom is 0.124 e. The summed E-state index contributed by atoms with van der Waals surface area (Å²) in [6.45, 7) is 6.16. The lowest BCUT2D eigenvalue weighted by Gasteiger charge is -2.49. The largest absolute Gasteiger partial charge is 0.508 e. The highest BCUT2D eigenvalue weighted by atomic mass is 16.5. The molecule has 0 amide bonds. The molecule has 4 heteroatoms. The van der Waals surface area contributed by atoms with E-state index >= 15 is 0 Å². The molecule has 1 fully saturated rings. The van der Waals surface area contributed by atoms with E-state index in [1.807, 2.05) is 42.5 Å². The fraction of sp³-hybridized carbons (Fsp3) is 0.321. The first kappa shape index (κ1) is 21.9. The highest BCUT2D eigenvalue weighted by Gasteiger charge is 2.42. The number of hydrogen-bond donors (Lipinski definition) is 1. The zero-order valence-corrected chi connectivity index (χ0v) is 18.7. The van der Waals surface area contributed by atoms with Crippen LogP contribution in [0.1, 0.15) is 37.8 Å². The van der Waals surface area contributed by atoms with Crippen molar-refractivity contribution >= 4 is 0 Å². The van der Waals surface area contributed by atoms with Crippen LogP contribution in [-0.4, -0.2) is 34.7 Å². The van der Waals surface area contributed by atoms with Crippen LogP contribution in [0.2, 0.25) is 0 Å². The number of likely N-dealkylation sites (tertiary alicyclic amines) is 1. The summed E-state index contributed by atoms with van der Waals surface area (Å²) in [5, 5.41) is 20.1. The summed E-state index contributed by atoms with van der Waals surface area (Å²) in [6.07, 6.45) is 1.72. The van der Waals surface area contributed by atoms with Gasteiger partial charge < -0.3 is 9.84 Å². The van der Waals surface area contributed by atoms with Crippen LogP contribution in [0.4, 0.5) is 0 Å². The number of phenolic OH excluding ortho intramolecular Hbond substituents is 1. The Bertz CT molecular complexity index is 1030. The van der Waals surface area contributed by atoms with Crippen molar-refractivity contribution in [1.82, 2.24) is 4.90 Å². The fourth-order valence-electron chi connectivity index (χ4n) is 4.49. The van der Waals surface area contributed by atoms with Gasteiger partial charge in [0.05, 0.1) is 6.07 Å². The molecule has 0 atom stereocenters. The Morgan fingerprint density at radius 3 is 2.03 bits per heavy atom. The van der Waals surface area contributed by atoms with Gasteiger partial charge in [-0.1, -0.05) is 66.7 Å². The number of rotatable bonds is 8. The lowest BCUT2D eigenvalue weighted by Crippen LogP contribution is -2.62. The van der Waals surface area contributed by atoms with E-state index in [-0.39, 0.29) is 17.4 Å². The summed E-state index contributed by atoms with van der Waals surface area (Å²) < 4.78 is 6.01. The molecule has 1 heterocycles. The van der Waals surface area contributed by atoms with Gasteiger partial charge in [-0.25, -0.2) is 0 Å². The van der Waals surface area contributed by atoms with Gasteiger partial charge in [0.2, 0.25) is 0 Å². The first-order valence-electron chi connectivity index (χ1n) is 11.2. The topological polar surface area (TPSA) is 56.5 Å². The zero-order chi connectivity index (χ0) is 22.6. The average Bonchev–Trinajstić information content (AvgIpc) is 2.78. The molecule has 1 saturated heterocycles. The molecule has 4 nitrogen and oxygen atoms in total. The maximum atomic E-state index is 10.4. The summed E-state index contributed by atoms with van der Waals surface area (Å²) in [7, 11) is 0. The number of nitrogens with zero attached hydrogens (tertiary/aromatic N) is 2. The van der Waals surface area contributed by atoms with Crippen LogP contribution in [-0.2, 0) is 5.41 Å². The van der Waals surface area contributed by atoms with Crippen molar-refractivity contribution in [2.75, 3.05) is 13.1 Å². The highest BCUT2D eigenvalue weighted by molar-refractivity contribution is 5.45. The second-order valence-corrected chi connectivity index (χ2v) is 9.20. The molecule has 1 aliphatic rings. The number of phenols is 1. The predicted molar refractivity (Wildman–Crippen MR) is 127 cm³/mol. The molecule has 32 heavy (non-hydrogen) atoms. The van der Waals surface area contributed by atoms with Crippen molar-refractivity contribution in [3.8, 4) is 17.6 Å². The molecule has 0 bridgehead atoms. The van der Waals surface area contributed by atoms with E-state index in [4.69, 9.17) is 4.74 Å². The molecule has 164 valence electrons. The van der Waals surface area contributed by atoms with Crippen molar-refractivity contribution in [2.24, 2.45) is 0 Å². The van der Waals surface area contributed by atoms with E-state index in [1.54, 1.807) is 18.2 Å². The molecule has 1 N–H and O–H groups in total. The first-order valence-corrected chi connectivity index (χ1v) is 11.2. The van der Waals surface area contributed by atoms with E-state index in [9.17, 15) is 10.4 Å². The van der Waals surface area contributed by atoms with Crippen molar-refractivity contribution in [2.45, 2.75) is 43.7 Å². The molecule has 4 rings (SSSR count). The quantitative estimate of drug-likeness (QED) is 0.515. The van der Waals surface area contributed by atoms with Gasteiger partial charge in [-0.15, -0.1) is 0 Å². The Balaban J connectivity index is 1.46. The Morgan fingerprint density at radius 1 is 0.906 bits per heavy atom. The van der Waals surface area contributed by atoms with Crippen LogP contribution >= 0.6 is 0 Å². The van der Waals surface area contributed by atoms with E-state index in [2.05, 4.69) is 49.1 Å². The van der Waals surface area contributed by atoms with Crippen LogP contribution in [0.3, 0.4) is 0 Å². The minimum absolute atomic E-state index is 0.0651. The summed E-state index contributed by atoms with van der Waals surface area (Å²) >= 11 is 0. The van der Waals surface area contributed by atoms with Crippen LogP contribution in [0.15, 0.2) is 84.9 Å². The molecule has 0 unspecified atom stereocenters. The molecule has 1 aliphatic heterocycles. The maximum absolute atomic E-state index is 10.4. The van der Waals surface area contributed by atoms with Gasteiger partial charge in [0.1, 0.15) is 23.0 Å². The minimum atomic E-state index is -0.678. The second-order valence-electron chi connectivity index (χ2n) is 9.20. The molecular weight excluding hydrogens is 396 g/mol. The summed E-state index contributed by atoms with van der Waals surface area (Å²) in [6, 6.07) is 29.9. The molecule has 3 aromatic carbocycles. The van der Waals surface area contributed by atoms with Gasteiger partial charge in [-0.05, 0) is 49.9 Å². The van der Waals surface area contributed by atoms with Gasteiger partial charge in [0.15, 0.2) is 0 Å². The molecule has 0 saturated carbocycles. The Kier molecular flexibility index (Phi) is 6.21. The highest BCUT2D eigenvalue weighted by Crippen LogP contribution is 2.40. The number of nitriles is 1. The van der Waals surface area contributed by atoms with Gasteiger partial charge in [-0.2, -0.15) is 5.26 Å². The molecule has 0 radical (unpaired) electrons. The second kappa shape index (κ2) is 9.06. The molecule has 0 aromatic heterocycles. The zero-order valence-electron chi connectivity index (χ0n) is 18.7. The Hall–Kier alpha value is -3.29. The Morgan fingerprint density at radius 2 is 1.50 bits per heavy atom. The van der Waals surface area contributed by atoms with Crippen LogP contribution in [0.5, 0.6) is 11.5 Å². The van der Waals surface area contributed by atoms with E-state index in [0.29, 0.717) is 5.75 Å². The predicted octanol–water partition coefficient (Wildman–Crippen LogP) is 5.52. The summed E-state index contributed by atoms with van der Waals surface area (Å²) in [5.41, 5.74) is 1.34. The van der Waals surface area contributed by atoms with E-state index in [0.717, 1.165) is 37.1 Å². The third kappa shape index (κ3) is 4.49. The number of hydrogen-bond acceptors (Lipinski definition) is 4. The first-order chi connectivity index (χ1) is 15.4. The summed E-state index contributed by atoms with van der Waals surface area (Å²) in [5.74, 6) is 0.915. The lowest BCUT2D eigenvalue weighted by atomic mass is 9.70. The van der Waals surface area contributed by atoms with Crippen molar-refractivity contribution in [1.29, 1.82) is 5.26 Å². The molecule has 0 spiro atoms. The number of ether oxygens (including phenoxy) is 1. The third-order valence-electron chi connectivity index (χ3n) is 6.66. The standard InChI is InChI=1S/C28H30N2O2/c1-27(2,30-19-26(20-30)32-25-15-9-14-24(31)18-25)16-17-28(21-29,22-10-5-3-6-11-22)23-12-7-4-8-13-23/h3-15,18,26,31H,16-17,19-20H2,1-2H3. The van der Waals surface area contributed by atoms with Gasteiger partial charge in [-0.3, -0.25) is 4.90 Å². The monoisotopic (exact) mass is 426 g/mol. The van der Waals surface area contributed by atoms with Crippen molar-refractivity contribution < 1.29 is 9.84 Å². The van der Waals surface area contributed by atoms with Crippen molar-refractivity contribution in [3.05, 3.63) is 96.1 Å². The van der Waals surface area contributed by atoms with Crippen molar-refractivity contribution in [3.63, 3.8) is 0 Å². The van der Waals surface area contributed by atoms with Crippen LogP contribution < -0.4 is 4.74 Å². The molecule has 0 aliphatic carbocycles. The smallest absolute Gasteiger partial charge is 0.124 e. The van der Waals surface area contributed by atoms with Gasteiger partial charge >= 0.3 is 0 Å². The normalized spacial score (nSPS) is 15.0. The fourth-order valence-corrected chi connectivity index (χ4v) is 4.49. The molecule has 3 aromatic rings. The Labute approximate surface area is 190 Å². The number of benzene rings is 3. The molecular formula is C28H30N2O2. The average molecular weight is 427 g/mol.